The van der Waals surface area contributed by atoms with Crippen LogP contribution in [0.4, 0.5) is 0 Å². The maximum Gasteiger partial charge on any atom is 0.347 e. The molecule has 3 rings (SSSR count). The van der Waals surface area contributed by atoms with E-state index in [-0.39, 0.29) is 33.6 Å². The number of fused-ring (bicyclic) bond motifs is 1. The van der Waals surface area contributed by atoms with Crippen molar-refractivity contribution in [3.63, 3.8) is 0 Å². The molecule has 112 valence electrons. The minimum absolute atomic E-state index is 0.0934. The molecule has 5 N–H and O–H groups in total. The lowest BCUT2D eigenvalue weighted by Crippen LogP contribution is -2.03. The average Bonchev–Trinajstić information content (AvgIpc) is 2.41. The van der Waals surface area contributed by atoms with Crippen molar-refractivity contribution >= 4 is 11.0 Å². The van der Waals surface area contributed by atoms with E-state index in [9.17, 15) is 30.3 Å². The summed E-state index contributed by atoms with van der Waals surface area (Å²) in [5.41, 5.74) is -1.31. The minimum Gasteiger partial charge on any atom is -0.508 e. The fraction of sp³-hybridized carbons (Fsp3) is 0. The smallest absolute Gasteiger partial charge is 0.347 e. The van der Waals surface area contributed by atoms with E-state index >= 15 is 0 Å². The summed E-state index contributed by atoms with van der Waals surface area (Å²) in [7, 11) is 0. The van der Waals surface area contributed by atoms with Crippen molar-refractivity contribution in [2.45, 2.75) is 0 Å². The van der Waals surface area contributed by atoms with Gasteiger partial charge < -0.3 is 29.9 Å². The molecule has 0 aliphatic carbocycles. The van der Waals surface area contributed by atoms with Gasteiger partial charge in [0.1, 0.15) is 33.8 Å². The van der Waals surface area contributed by atoms with Crippen LogP contribution < -0.4 is 5.63 Å². The molecule has 7 nitrogen and oxygen atoms in total. The Bertz CT molecular complexity index is 956. The molecule has 0 amide bonds. The van der Waals surface area contributed by atoms with Gasteiger partial charge in [-0.25, -0.2) is 4.79 Å². The highest BCUT2D eigenvalue weighted by Crippen LogP contribution is 2.41. The van der Waals surface area contributed by atoms with Gasteiger partial charge in [-0.2, -0.15) is 0 Å². The molecule has 7 heteroatoms. The summed E-state index contributed by atoms with van der Waals surface area (Å²) < 4.78 is 4.98. The molecule has 0 atom stereocenters. The van der Waals surface area contributed by atoms with Crippen molar-refractivity contribution in [1.29, 1.82) is 0 Å². The third-order valence-corrected chi connectivity index (χ3v) is 3.21. The number of aromatic hydroxyl groups is 5. The molecule has 0 bridgehead atoms. The van der Waals surface area contributed by atoms with E-state index in [1.54, 1.807) is 0 Å². The topological polar surface area (TPSA) is 131 Å². The highest BCUT2D eigenvalue weighted by atomic mass is 16.4. The summed E-state index contributed by atoms with van der Waals surface area (Å²) >= 11 is 0. The van der Waals surface area contributed by atoms with E-state index in [0.29, 0.717) is 0 Å². The molecular weight excluding hydrogens is 292 g/mol. The molecule has 0 fully saturated rings. The minimum atomic E-state index is -0.930. The van der Waals surface area contributed by atoms with Crippen LogP contribution in [0.25, 0.3) is 22.1 Å². The Morgan fingerprint density at radius 2 is 1.55 bits per heavy atom. The zero-order valence-electron chi connectivity index (χ0n) is 10.9. The largest absolute Gasteiger partial charge is 0.508 e. The van der Waals surface area contributed by atoms with Crippen molar-refractivity contribution in [2.24, 2.45) is 0 Å². The summed E-state index contributed by atoms with van der Waals surface area (Å²) in [6, 6.07) is 5.58. The van der Waals surface area contributed by atoms with Crippen LogP contribution in [0.15, 0.2) is 39.5 Å². The van der Waals surface area contributed by atoms with Crippen LogP contribution in [-0.4, -0.2) is 25.5 Å². The molecule has 1 heterocycles. The van der Waals surface area contributed by atoms with Gasteiger partial charge >= 0.3 is 5.63 Å². The van der Waals surface area contributed by atoms with Crippen LogP contribution in [0.1, 0.15) is 0 Å². The lowest BCUT2D eigenvalue weighted by molar-refractivity contribution is 0.404. The van der Waals surface area contributed by atoms with Crippen molar-refractivity contribution < 1.29 is 29.9 Å². The number of hydrogen-bond acceptors (Lipinski definition) is 7. The molecule has 22 heavy (non-hydrogen) atoms. The van der Waals surface area contributed by atoms with Gasteiger partial charge in [0.25, 0.3) is 0 Å². The molecule has 0 saturated carbocycles. The molecule has 2 aromatic carbocycles. The van der Waals surface area contributed by atoms with Gasteiger partial charge in [0, 0.05) is 12.1 Å². The van der Waals surface area contributed by atoms with E-state index in [1.165, 1.54) is 6.07 Å². The van der Waals surface area contributed by atoms with Gasteiger partial charge in [-0.05, 0) is 17.7 Å². The first-order valence-corrected chi connectivity index (χ1v) is 6.12. The van der Waals surface area contributed by atoms with Gasteiger partial charge in [-0.15, -0.1) is 0 Å². The normalized spacial score (nSPS) is 10.9. The van der Waals surface area contributed by atoms with Gasteiger partial charge in [-0.3, -0.25) is 0 Å². The summed E-state index contributed by atoms with van der Waals surface area (Å²) in [5.74, 6) is -2.23. The fourth-order valence-corrected chi connectivity index (χ4v) is 2.21. The highest BCUT2D eigenvalue weighted by molar-refractivity contribution is 5.95. The maximum atomic E-state index is 12.0. The van der Waals surface area contributed by atoms with Gasteiger partial charge in [-0.1, -0.05) is 6.07 Å². The number of rotatable bonds is 1. The first-order valence-electron chi connectivity index (χ1n) is 6.12. The Kier molecular flexibility index (Phi) is 2.84. The molecule has 0 aliphatic heterocycles. The summed E-state index contributed by atoms with van der Waals surface area (Å²) in [5, 5.41) is 48.1. The second kappa shape index (κ2) is 4.59. The van der Waals surface area contributed by atoms with Crippen LogP contribution in [0, 0.1) is 0 Å². The standard InChI is InChI=1S/C15H10O7/c16-7-4-10(19)13-11(5-7)22-15(21)12(14(13)20)6-1-2-8(17)9(18)3-6/h1-5,16-20H. The average molecular weight is 302 g/mol. The second-order valence-corrected chi connectivity index (χ2v) is 4.65. The molecule has 1 aromatic heterocycles. The Morgan fingerprint density at radius 1 is 0.818 bits per heavy atom. The molecule has 3 aromatic rings. The van der Waals surface area contributed by atoms with E-state index < -0.39 is 22.9 Å². The third kappa shape index (κ3) is 1.96. The SMILES string of the molecule is O=c1oc2cc(O)cc(O)c2c(O)c1-c1ccc(O)c(O)c1. The van der Waals surface area contributed by atoms with Crippen molar-refractivity contribution in [2.75, 3.05) is 0 Å². The maximum absolute atomic E-state index is 12.0. The van der Waals surface area contributed by atoms with E-state index in [1.807, 2.05) is 0 Å². The Balaban J connectivity index is 2.40. The van der Waals surface area contributed by atoms with E-state index in [0.717, 1.165) is 24.3 Å². The quantitative estimate of drug-likeness (QED) is 0.343. The zero-order chi connectivity index (χ0) is 16.0. The second-order valence-electron chi connectivity index (χ2n) is 4.65. The van der Waals surface area contributed by atoms with Crippen molar-refractivity contribution in [3.05, 3.63) is 40.8 Å². The predicted octanol–water partition coefficient (Wildman–Crippen LogP) is 1.99. The van der Waals surface area contributed by atoms with Crippen LogP contribution in [0.3, 0.4) is 0 Å². The fourth-order valence-electron chi connectivity index (χ4n) is 2.21. The monoisotopic (exact) mass is 302 g/mol. The van der Waals surface area contributed by atoms with Crippen LogP contribution in [-0.2, 0) is 0 Å². The summed E-state index contributed by atoms with van der Waals surface area (Å²) in [4.78, 5) is 12.0. The Labute approximate surface area is 122 Å². The molecule has 0 aliphatic rings. The third-order valence-electron chi connectivity index (χ3n) is 3.21. The lowest BCUT2D eigenvalue weighted by atomic mass is 10.0. The zero-order valence-corrected chi connectivity index (χ0v) is 10.9. The number of benzene rings is 2. The van der Waals surface area contributed by atoms with Crippen LogP contribution >= 0.6 is 0 Å². The molecule has 0 saturated heterocycles. The number of phenolic OH excluding ortho intramolecular Hbond substituents is 4. The Morgan fingerprint density at radius 3 is 2.23 bits per heavy atom. The molecule has 0 unspecified atom stereocenters. The first-order chi connectivity index (χ1) is 10.4. The van der Waals surface area contributed by atoms with Gasteiger partial charge in [0.05, 0.1) is 0 Å². The summed E-state index contributed by atoms with van der Waals surface area (Å²) in [6.07, 6.45) is 0. The molecule has 0 radical (unpaired) electrons. The Hall–Kier alpha value is -3.35. The number of hydrogen-bond donors (Lipinski definition) is 5. The van der Waals surface area contributed by atoms with E-state index in [4.69, 9.17) is 4.42 Å². The van der Waals surface area contributed by atoms with Crippen LogP contribution in [0.5, 0.6) is 28.7 Å². The first kappa shape index (κ1) is 13.6. The lowest BCUT2D eigenvalue weighted by Gasteiger charge is -2.09. The predicted molar refractivity (Wildman–Crippen MR) is 76.2 cm³/mol. The molecular formula is C15H10O7. The number of phenols is 4. The van der Waals surface area contributed by atoms with Crippen molar-refractivity contribution in [3.8, 4) is 39.9 Å². The van der Waals surface area contributed by atoms with Gasteiger partial charge in [0.15, 0.2) is 11.5 Å². The van der Waals surface area contributed by atoms with E-state index in [2.05, 4.69) is 0 Å². The van der Waals surface area contributed by atoms with Crippen molar-refractivity contribution in [1.82, 2.24) is 0 Å². The summed E-state index contributed by atoms with van der Waals surface area (Å²) in [6.45, 7) is 0. The molecule has 0 spiro atoms. The highest BCUT2D eigenvalue weighted by Gasteiger charge is 2.20. The van der Waals surface area contributed by atoms with Crippen LogP contribution in [0.2, 0.25) is 0 Å². The van der Waals surface area contributed by atoms with Gasteiger partial charge in [0.2, 0.25) is 0 Å².